The number of hydrogen-bond donors (Lipinski definition) is 2. The van der Waals surface area contributed by atoms with Gasteiger partial charge in [-0.25, -0.2) is 9.18 Å². The van der Waals surface area contributed by atoms with Gasteiger partial charge in [-0.1, -0.05) is 24.3 Å². The molecule has 0 unspecified atom stereocenters. The number of nitrogens with zero attached hydrogens (tertiary/aromatic N) is 1. The highest BCUT2D eigenvalue weighted by atomic mass is 35.5. The molecule has 1 aromatic heterocycles. The molecule has 1 aliphatic heterocycles. The van der Waals surface area contributed by atoms with Crippen LogP contribution in [0.1, 0.15) is 28.0 Å². The molecule has 1 amide bonds. The van der Waals surface area contributed by atoms with Crippen LogP contribution in [0, 0.1) is 12.7 Å². The maximum atomic E-state index is 14.8. The number of aryl methyl sites for hydroxylation is 1. The van der Waals surface area contributed by atoms with E-state index in [9.17, 15) is 19.1 Å². The molecule has 0 bridgehead atoms. The summed E-state index contributed by atoms with van der Waals surface area (Å²) in [7, 11) is 0. The van der Waals surface area contributed by atoms with E-state index in [1.807, 2.05) is 6.08 Å². The van der Waals surface area contributed by atoms with Crippen LogP contribution in [0.5, 0.6) is 0 Å². The summed E-state index contributed by atoms with van der Waals surface area (Å²) in [5.41, 5.74) is 1.49. The Hall–Kier alpha value is -2.60. The molecule has 0 aliphatic carbocycles. The van der Waals surface area contributed by atoms with E-state index < -0.39 is 11.8 Å². The predicted octanol–water partition coefficient (Wildman–Crippen LogP) is 3.77. The highest BCUT2D eigenvalue weighted by Crippen LogP contribution is 2.38. The van der Waals surface area contributed by atoms with Crippen molar-refractivity contribution in [1.29, 1.82) is 0 Å². The number of aromatic nitrogens is 1. The summed E-state index contributed by atoms with van der Waals surface area (Å²) in [5, 5.41) is 9.95. The van der Waals surface area contributed by atoms with Crippen molar-refractivity contribution in [2.24, 2.45) is 0 Å². The second-order valence-electron chi connectivity index (χ2n) is 5.88. The zero-order chi connectivity index (χ0) is 18.3. The third-order valence-electron chi connectivity index (χ3n) is 4.33. The summed E-state index contributed by atoms with van der Waals surface area (Å²) < 4.78 is 14.8. The Labute approximate surface area is 148 Å². The number of aromatic amines is 1. The topological polar surface area (TPSA) is 73.4 Å². The number of fused-ring (bicyclic) bond motifs is 1. The number of halogens is 2. The zero-order valence-electron chi connectivity index (χ0n) is 13.5. The van der Waals surface area contributed by atoms with Gasteiger partial charge in [-0.15, -0.1) is 0 Å². The van der Waals surface area contributed by atoms with E-state index in [4.69, 9.17) is 11.6 Å². The number of amides is 1. The van der Waals surface area contributed by atoms with E-state index in [1.54, 1.807) is 11.8 Å². The molecule has 0 fully saturated rings. The standard InChI is InChI=1S/C18H16ClFN2O3/c1-3-13(23)22-6-4-5-10(8-22)14-12(20)7-11(18(24)25)17-15(14)16(19)9(2)21-17/h3,5,7,21H,1,4,6,8H2,2H3,(H,24,25). The normalized spacial score (nSPS) is 14.5. The van der Waals surface area contributed by atoms with Crippen LogP contribution in [-0.4, -0.2) is 40.0 Å². The van der Waals surface area contributed by atoms with Gasteiger partial charge >= 0.3 is 5.97 Å². The molecular formula is C18H16ClFN2O3. The van der Waals surface area contributed by atoms with Crippen LogP contribution in [0.15, 0.2) is 24.8 Å². The number of benzene rings is 1. The van der Waals surface area contributed by atoms with Gasteiger partial charge in [0.2, 0.25) is 5.91 Å². The molecule has 25 heavy (non-hydrogen) atoms. The number of rotatable bonds is 3. The zero-order valence-corrected chi connectivity index (χ0v) is 14.3. The second-order valence-corrected chi connectivity index (χ2v) is 6.26. The summed E-state index contributed by atoms with van der Waals surface area (Å²) in [5.74, 6) is -2.15. The van der Waals surface area contributed by atoms with Crippen LogP contribution in [0.2, 0.25) is 5.02 Å². The van der Waals surface area contributed by atoms with Gasteiger partial charge in [-0.3, -0.25) is 4.79 Å². The molecule has 0 saturated heterocycles. The number of hydrogen-bond acceptors (Lipinski definition) is 2. The van der Waals surface area contributed by atoms with Crippen LogP contribution in [0.4, 0.5) is 4.39 Å². The maximum Gasteiger partial charge on any atom is 0.337 e. The van der Waals surface area contributed by atoms with Gasteiger partial charge in [0, 0.05) is 29.7 Å². The molecule has 2 N–H and O–H groups in total. The molecule has 0 spiro atoms. The lowest BCUT2D eigenvalue weighted by atomic mass is 9.95. The smallest absolute Gasteiger partial charge is 0.337 e. The largest absolute Gasteiger partial charge is 0.478 e. The van der Waals surface area contributed by atoms with E-state index in [2.05, 4.69) is 11.6 Å². The van der Waals surface area contributed by atoms with Gasteiger partial charge in [0.15, 0.2) is 0 Å². The van der Waals surface area contributed by atoms with Gasteiger partial charge in [0.1, 0.15) is 5.82 Å². The first-order chi connectivity index (χ1) is 11.8. The number of carbonyl (C=O) groups excluding carboxylic acids is 1. The lowest BCUT2D eigenvalue weighted by molar-refractivity contribution is -0.125. The number of carboxylic acid groups (broad SMARTS) is 1. The summed E-state index contributed by atoms with van der Waals surface area (Å²) in [6.45, 7) is 5.90. The summed E-state index contributed by atoms with van der Waals surface area (Å²) in [6.07, 6.45) is 3.64. The highest BCUT2D eigenvalue weighted by Gasteiger charge is 2.26. The van der Waals surface area contributed by atoms with Crippen molar-refractivity contribution in [3.63, 3.8) is 0 Å². The Morgan fingerprint density at radius 1 is 1.48 bits per heavy atom. The van der Waals surface area contributed by atoms with Crippen LogP contribution < -0.4 is 0 Å². The number of H-pyrrole nitrogens is 1. The molecule has 0 radical (unpaired) electrons. The minimum atomic E-state index is -1.24. The van der Waals surface area contributed by atoms with Crippen molar-refractivity contribution in [2.45, 2.75) is 13.3 Å². The van der Waals surface area contributed by atoms with Crippen LogP contribution in [-0.2, 0) is 4.79 Å². The van der Waals surface area contributed by atoms with Crippen molar-refractivity contribution in [3.8, 4) is 0 Å². The van der Waals surface area contributed by atoms with E-state index >= 15 is 0 Å². The Kier molecular flexibility index (Phi) is 4.39. The molecule has 0 atom stereocenters. The van der Waals surface area contributed by atoms with Gasteiger partial charge in [0.25, 0.3) is 0 Å². The van der Waals surface area contributed by atoms with Crippen LogP contribution >= 0.6 is 11.6 Å². The SMILES string of the molecule is C=CC(=O)N1CCC=C(c2c(F)cc(C(=O)O)c3[nH]c(C)c(Cl)c23)C1. The summed E-state index contributed by atoms with van der Waals surface area (Å²) in [6, 6.07) is 0.987. The predicted molar refractivity (Wildman–Crippen MR) is 94.3 cm³/mol. The minimum Gasteiger partial charge on any atom is -0.478 e. The fourth-order valence-corrected chi connectivity index (χ4v) is 3.39. The fraction of sp³-hybridized carbons (Fsp3) is 0.222. The fourth-order valence-electron chi connectivity index (χ4n) is 3.15. The van der Waals surface area contributed by atoms with Crippen molar-refractivity contribution >= 4 is 40.0 Å². The first kappa shape index (κ1) is 17.2. The van der Waals surface area contributed by atoms with E-state index in [0.717, 1.165) is 6.07 Å². The number of nitrogens with one attached hydrogen (secondary N) is 1. The van der Waals surface area contributed by atoms with E-state index in [-0.39, 0.29) is 34.1 Å². The van der Waals surface area contributed by atoms with Crippen molar-refractivity contribution in [3.05, 3.63) is 52.5 Å². The molecule has 0 saturated carbocycles. The Bertz CT molecular complexity index is 946. The molecule has 7 heteroatoms. The van der Waals surface area contributed by atoms with Gasteiger partial charge in [0.05, 0.1) is 16.1 Å². The summed E-state index contributed by atoms with van der Waals surface area (Å²) >= 11 is 6.33. The van der Waals surface area contributed by atoms with Crippen molar-refractivity contribution in [2.75, 3.05) is 13.1 Å². The minimum absolute atomic E-state index is 0.179. The van der Waals surface area contributed by atoms with Gasteiger partial charge in [-0.2, -0.15) is 0 Å². The third kappa shape index (κ3) is 2.82. The second kappa shape index (κ2) is 6.37. The number of aromatic carboxylic acids is 1. The van der Waals surface area contributed by atoms with Gasteiger partial charge in [-0.05, 0) is 31.1 Å². The van der Waals surface area contributed by atoms with E-state index in [1.165, 1.54) is 6.08 Å². The molecule has 5 nitrogen and oxygen atoms in total. The highest BCUT2D eigenvalue weighted by molar-refractivity contribution is 6.37. The third-order valence-corrected chi connectivity index (χ3v) is 4.80. The van der Waals surface area contributed by atoms with Crippen LogP contribution in [0.3, 0.4) is 0 Å². The van der Waals surface area contributed by atoms with Crippen LogP contribution in [0.25, 0.3) is 16.5 Å². The van der Waals surface area contributed by atoms with Gasteiger partial charge < -0.3 is 15.0 Å². The Morgan fingerprint density at radius 3 is 2.84 bits per heavy atom. The molecule has 3 rings (SSSR count). The summed E-state index contributed by atoms with van der Waals surface area (Å²) in [4.78, 5) is 27.8. The van der Waals surface area contributed by atoms with E-state index in [0.29, 0.717) is 29.6 Å². The average Bonchev–Trinajstić information content (AvgIpc) is 2.88. The first-order valence-electron chi connectivity index (χ1n) is 7.69. The first-order valence-corrected chi connectivity index (χ1v) is 8.07. The molecule has 1 aliphatic rings. The lowest BCUT2D eigenvalue weighted by Crippen LogP contribution is -2.34. The Balaban J connectivity index is 2.23. The molecule has 130 valence electrons. The Morgan fingerprint density at radius 2 is 2.20 bits per heavy atom. The number of carboxylic acids is 1. The van der Waals surface area contributed by atoms with Crippen molar-refractivity contribution in [1.82, 2.24) is 9.88 Å². The number of carbonyl (C=O) groups is 2. The molecule has 2 heterocycles. The quantitative estimate of drug-likeness (QED) is 0.816. The average molecular weight is 363 g/mol. The lowest BCUT2D eigenvalue weighted by Gasteiger charge is -2.27. The molecule has 1 aromatic carbocycles. The monoisotopic (exact) mass is 362 g/mol. The molecule has 2 aromatic rings. The maximum absolute atomic E-state index is 14.8. The molecular weight excluding hydrogens is 347 g/mol. The van der Waals surface area contributed by atoms with Crippen molar-refractivity contribution < 1.29 is 19.1 Å².